The van der Waals surface area contributed by atoms with E-state index < -0.39 is 0 Å². The smallest absolute Gasteiger partial charge is 0.229 e. The zero-order chi connectivity index (χ0) is 24.9. The Morgan fingerprint density at radius 3 is 1.40 bits per heavy atom. The fourth-order valence-electron chi connectivity index (χ4n) is 3.43. The van der Waals surface area contributed by atoms with Gasteiger partial charge in [0.05, 0.1) is 14.2 Å². The van der Waals surface area contributed by atoms with Crippen LogP contribution in [0, 0.1) is 0 Å². The Bertz CT molecular complexity index is 939. The molecular formula is C26H37N7O2. The van der Waals surface area contributed by atoms with Gasteiger partial charge in [-0.2, -0.15) is 15.0 Å². The molecule has 3 N–H and O–H groups in total. The van der Waals surface area contributed by atoms with Crippen LogP contribution in [0.1, 0.15) is 17.5 Å². The number of nitrogens with one attached hydrogen (secondary N) is 3. The molecule has 0 aliphatic heterocycles. The van der Waals surface area contributed by atoms with Gasteiger partial charge in [0.25, 0.3) is 0 Å². The highest BCUT2D eigenvalue weighted by Crippen LogP contribution is 2.14. The quantitative estimate of drug-likeness (QED) is 0.283. The molecule has 2 aromatic carbocycles. The fourth-order valence-corrected chi connectivity index (χ4v) is 3.43. The monoisotopic (exact) mass is 479 g/mol. The lowest BCUT2D eigenvalue weighted by molar-refractivity contribution is 0.405. The summed E-state index contributed by atoms with van der Waals surface area (Å²) < 4.78 is 10.5. The minimum absolute atomic E-state index is 0.551. The average molecular weight is 480 g/mol. The first-order valence-electron chi connectivity index (χ1n) is 11.9. The average Bonchev–Trinajstić information content (AvgIpc) is 2.87. The van der Waals surface area contributed by atoms with Gasteiger partial charge in [0, 0.05) is 19.6 Å². The summed E-state index contributed by atoms with van der Waals surface area (Å²) in [7, 11) is 7.48. The molecule has 1 heterocycles. The molecule has 0 bridgehead atoms. The molecule has 188 valence electrons. The second kappa shape index (κ2) is 14.0. The van der Waals surface area contributed by atoms with Gasteiger partial charge >= 0.3 is 0 Å². The molecule has 35 heavy (non-hydrogen) atoms. The number of benzene rings is 2. The maximum absolute atomic E-state index is 5.23. The molecule has 0 radical (unpaired) electrons. The summed E-state index contributed by atoms with van der Waals surface area (Å²) in [6, 6.07) is 16.2. The van der Waals surface area contributed by atoms with E-state index in [1.54, 1.807) is 14.2 Å². The second-order valence-electron chi connectivity index (χ2n) is 8.44. The van der Waals surface area contributed by atoms with Crippen LogP contribution in [0.3, 0.4) is 0 Å². The van der Waals surface area contributed by atoms with E-state index in [2.05, 4.69) is 74.2 Å². The van der Waals surface area contributed by atoms with Crippen LogP contribution in [0.2, 0.25) is 0 Å². The second-order valence-corrected chi connectivity index (χ2v) is 8.44. The Morgan fingerprint density at radius 1 is 0.629 bits per heavy atom. The first kappa shape index (κ1) is 26.0. The molecule has 0 saturated heterocycles. The molecule has 0 spiro atoms. The number of rotatable bonds is 15. The fraction of sp³-hybridized carbons (Fsp3) is 0.423. The van der Waals surface area contributed by atoms with Gasteiger partial charge in [-0.3, -0.25) is 0 Å². The van der Waals surface area contributed by atoms with Crippen LogP contribution in [0.4, 0.5) is 17.8 Å². The number of hydrogen-bond acceptors (Lipinski definition) is 9. The van der Waals surface area contributed by atoms with E-state index in [1.807, 2.05) is 24.3 Å². The summed E-state index contributed by atoms with van der Waals surface area (Å²) >= 11 is 0. The molecule has 0 aliphatic carbocycles. The zero-order valence-electron chi connectivity index (χ0n) is 21.2. The number of methoxy groups -OCH3 is 2. The number of aromatic nitrogens is 3. The molecule has 0 unspecified atom stereocenters. The Balaban J connectivity index is 1.58. The van der Waals surface area contributed by atoms with Crippen molar-refractivity contribution in [3.63, 3.8) is 0 Å². The Morgan fingerprint density at radius 2 is 1.03 bits per heavy atom. The highest BCUT2D eigenvalue weighted by molar-refractivity contribution is 5.42. The molecule has 0 aliphatic rings. The van der Waals surface area contributed by atoms with Crippen molar-refractivity contribution >= 4 is 17.8 Å². The van der Waals surface area contributed by atoms with Crippen molar-refractivity contribution in [3.05, 3.63) is 59.7 Å². The summed E-state index contributed by atoms with van der Waals surface area (Å²) in [5, 5.41) is 10.00. The lowest BCUT2D eigenvalue weighted by Crippen LogP contribution is -2.18. The topological polar surface area (TPSA) is 96.5 Å². The third-order valence-electron chi connectivity index (χ3n) is 5.41. The first-order valence-corrected chi connectivity index (χ1v) is 11.9. The van der Waals surface area contributed by atoms with Crippen LogP contribution in [-0.2, 0) is 12.8 Å². The highest BCUT2D eigenvalue weighted by atomic mass is 16.5. The van der Waals surface area contributed by atoms with Crippen LogP contribution < -0.4 is 25.4 Å². The van der Waals surface area contributed by atoms with Crippen molar-refractivity contribution in [1.29, 1.82) is 0 Å². The number of nitrogens with zero attached hydrogens (tertiary/aromatic N) is 4. The Kier molecular flexibility index (Phi) is 10.4. The minimum atomic E-state index is 0.551. The van der Waals surface area contributed by atoms with E-state index in [4.69, 9.17) is 9.47 Å². The van der Waals surface area contributed by atoms with Gasteiger partial charge in [0.1, 0.15) is 11.5 Å². The number of ether oxygens (including phenoxy) is 2. The number of anilines is 3. The van der Waals surface area contributed by atoms with Crippen LogP contribution in [0.15, 0.2) is 48.5 Å². The van der Waals surface area contributed by atoms with Gasteiger partial charge in [0.15, 0.2) is 0 Å². The normalized spacial score (nSPS) is 10.8. The third kappa shape index (κ3) is 9.29. The first-order chi connectivity index (χ1) is 17.1. The predicted molar refractivity (Wildman–Crippen MR) is 142 cm³/mol. The third-order valence-corrected chi connectivity index (χ3v) is 5.41. The van der Waals surface area contributed by atoms with Gasteiger partial charge < -0.3 is 30.3 Å². The van der Waals surface area contributed by atoms with E-state index in [0.717, 1.165) is 43.9 Å². The van der Waals surface area contributed by atoms with Gasteiger partial charge in [-0.25, -0.2) is 0 Å². The van der Waals surface area contributed by atoms with E-state index >= 15 is 0 Å². The lowest BCUT2D eigenvalue weighted by atomic mass is 10.1. The number of hydrogen-bond donors (Lipinski definition) is 3. The molecule has 1 aromatic heterocycles. The van der Waals surface area contributed by atoms with E-state index in [0.29, 0.717) is 30.9 Å². The van der Waals surface area contributed by atoms with Crippen molar-refractivity contribution in [2.45, 2.75) is 19.3 Å². The summed E-state index contributed by atoms with van der Waals surface area (Å²) in [5.41, 5.74) is 2.43. The van der Waals surface area contributed by atoms with Crippen LogP contribution in [0.25, 0.3) is 0 Å². The Hall–Kier alpha value is -3.59. The molecule has 0 saturated carbocycles. The van der Waals surface area contributed by atoms with Crippen molar-refractivity contribution < 1.29 is 9.47 Å². The van der Waals surface area contributed by atoms with Gasteiger partial charge in [-0.1, -0.05) is 24.3 Å². The lowest BCUT2D eigenvalue weighted by Gasteiger charge is -2.13. The van der Waals surface area contributed by atoms with Gasteiger partial charge in [-0.15, -0.1) is 0 Å². The van der Waals surface area contributed by atoms with E-state index in [-0.39, 0.29) is 0 Å². The maximum Gasteiger partial charge on any atom is 0.229 e. The molecular weight excluding hydrogens is 442 g/mol. The molecule has 3 rings (SSSR count). The summed E-state index contributed by atoms with van der Waals surface area (Å²) in [6.45, 7) is 3.21. The summed E-state index contributed by atoms with van der Waals surface area (Å²) in [4.78, 5) is 15.9. The van der Waals surface area contributed by atoms with Gasteiger partial charge in [0.2, 0.25) is 17.8 Å². The van der Waals surface area contributed by atoms with Crippen molar-refractivity contribution in [2.24, 2.45) is 0 Å². The predicted octanol–water partition coefficient (Wildman–Crippen LogP) is 3.56. The molecule has 0 atom stereocenters. The standard InChI is InChI=1S/C26H37N7O2/c1-33(2)19-5-16-27-24-30-25(28-17-14-20-6-10-22(34-3)11-7-20)32-26(31-24)29-18-15-21-8-12-23(35-4)13-9-21/h6-13H,5,14-19H2,1-4H3,(H3,27,28,29,30,31,32). The summed E-state index contributed by atoms with van der Waals surface area (Å²) in [5.74, 6) is 3.38. The van der Waals surface area contributed by atoms with Crippen molar-refractivity contribution in [2.75, 3.05) is 70.4 Å². The molecule has 0 fully saturated rings. The summed E-state index contributed by atoms with van der Waals surface area (Å²) in [6.07, 6.45) is 2.70. The van der Waals surface area contributed by atoms with Crippen LogP contribution in [0.5, 0.6) is 11.5 Å². The van der Waals surface area contributed by atoms with Crippen molar-refractivity contribution in [1.82, 2.24) is 19.9 Å². The Labute approximate surface area is 208 Å². The molecule has 9 heteroatoms. The van der Waals surface area contributed by atoms with Crippen molar-refractivity contribution in [3.8, 4) is 11.5 Å². The van der Waals surface area contributed by atoms with Gasteiger partial charge in [-0.05, 0) is 75.3 Å². The van der Waals surface area contributed by atoms with Crippen LogP contribution >= 0.6 is 0 Å². The largest absolute Gasteiger partial charge is 0.497 e. The zero-order valence-corrected chi connectivity index (χ0v) is 21.2. The highest BCUT2D eigenvalue weighted by Gasteiger charge is 2.07. The van der Waals surface area contributed by atoms with E-state index in [1.165, 1.54) is 11.1 Å². The SMILES string of the molecule is COc1ccc(CCNc2nc(NCCCN(C)C)nc(NCCc3ccc(OC)cc3)n2)cc1. The minimum Gasteiger partial charge on any atom is -0.497 e. The maximum atomic E-state index is 5.23. The van der Waals surface area contributed by atoms with E-state index in [9.17, 15) is 0 Å². The molecule has 0 amide bonds. The molecule has 9 nitrogen and oxygen atoms in total. The molecule has 3 aromatic rings. The van der Waals surface area contributed by atoms with Crippen LogP contribution in [-0.4, -0.2) is 74.3 Å².